The van der Waals surface area contributed by atoms with Gasteiger partial charge < -0.3 is 15.2 Å². The first-order valence-corrected chi connectivity index (χ1v) is 9.48. The number of aromatic nitrogens is 1. The Labute approximate surface area is 166 Å². The van der Waals surface area contributed by atoms with Gasteiger partial charge >= 0.3 is 6.03 Å². The fraction of sp³-hybridized carbons (Fsp3) is 0.238. The third-order valence-corrected chi connectivity index (χ3v) is 5.34. The van der Waals surface area contributed by atoms with E-state index in [9.17, 15) is 14.0 Å². The molecule has 1 aliphatic carbocycles. The lowest BCUT2D eigenvalue weighted by Crippen LogP contribution is -2.39. The molecule has 0 saturated heterocycles. The molecule has 144 valence electrons. The topological polar surface area (TPSA) is 65.2 Å². The van der Waals surface area contributed by atoms with Crippen LogP contribution >= 0.6 is 11.6 Å². The number of hydrogen-bond acceptors (Lipinski definition) is 2. The summed E-state index contributed by atoms with van der Waals surface area (Å²) in [5.74, 6) is -0.535. The number of nitrogens with one attached hydrogen (secondary N) is 2. The zero-order valence-electron chi connectivity index (χ0n) is 15.2. The number of H-pyrrole nitrogens is 1. The summed E-state index contributed by atoms with van der Waals surface area (Å²) < 4.78 is 13.4. The van der Waals surface area contributed by atoms with E-state index in [1.54, 1.807) is 17.2 Å². The zero-order valence-corrected chi connectivity index (χ0v) is 16.0. The van der Waals surface area contributed by atoms with Gasteiger partial charge in [0, 0.05) is 23.3 Å². The summed E-state index contributed by atoms with van der Waals surface area (Å²) in [5, 5.41) is 4.17. The Bertz CT molecular complexity index is 1110. The van der Waals surface area contributed by atoms with Crippen molar-refractivity contribution >= 4 is 34.1 Å². The molecule has 4 rings (SSSR count). The molecule has 1 atom stereocenters. The van der Waals surface area contributed by atoms with E-state index in [0.29, 0.717) is 11.1 Å². The van der Waals surface area contributed by atoms with Gasteiger partial charge in [-0.3, -0.25) is 4.79 Å². The number of pyridine rings is 1. The molecule has 5 nitrogen and oxygen atoms in total. The van der Waals surface area contributed by atoms with E-state index in [1.807, 2.05) is 25.1 Å². The molecular formula is C21H19ClFN3O2. The average Bonchev–Trinajstić information content (AvgIpc) is 3.50. The van der Waals surface area contributed by atoms with Gasteiger partial charge in [-0.05, 0) is 55.0 Å². The second-order valence-corrected chi connectivity index (χ2v) is 7.40. The molecule has 1 aliphatic rings. The highest BCUT2D eigenvalue weighted by Gasteiger charge is 2.37. The van der Waals surface area contributed by atoms with Gasteiger partial charge in [0.05, 0.1) is 11.1 Å². The van der Waals surface area contributed by atoms with Gasteiger partial charge in [0.2, 0.25) is 0 Å². The van der Waals surface area contributed by atoms with E-state index >= 15 is 0 Å². The number of halogens is 2. The van der Waals surface area contributed by atoms with Crippen molar-refractivity contribution in [2.45, 2.75) is 31.8 Å². The summed E-state index contributed by atoms with van der Waals surface area (Å²) in [7, 11) is 0. The molecule has 7 heteroatoms. The first kappa shape index (κ1) is 18.5. The van der Waals surface area contributed by atoms with Crippen molar-refractivity contribution in [2.75, 3.05) is 5.32 Å². The van der Waals surface area contributed by atoms with E-state index in [2.05, 4.69) is 10.3 Å². The molecular weight excluding hydrogens is 381 g/mol. The van der Waals surface area contributed by atoms with Crippen LogP contribution in [0.4, 0.5) is 14.9 Å². The van der Waals surface area contributed by atoms with Gasteiger partial charge in [-0.1, -0.05) is 29.8 Å². The van der Waals surface area contributed by atoms with Crippen molar-refractivity contribution < 1.29 is 9.18 Å². The minimum atomic E-state index is -0.535. The smallest absolute Gasteiger partial charge is 0.322 e. The lowest BCUT2D eigenvalue weighted by Gasteiger charge is -2.30. The number of aromatic amines is 1. The molecule has 0 radical (unpaired) electrons. The number of anilines is 1. The predicted octanol–water partition coefficient (Wildman–Crippen LogP) is 5.08. The molecule has 1 heterocycles. The largest absolute Gasteiger partial charge is 0.328 e. The molecule has 0 spiro atoms. The van der Waals surface area contributed by atoms with Gasteiger partial charge in [-0.2, -0.15) is 0 Å². The van der Waals surface area contributed by atoms with Crippen LogP contribution in [0.1, 0.15) is 31.4 Å². The molecule has 28 heavy (non-hydrogen) atoms. The third kappa shape index (κ3) is 3.47. The Balaban J connectivity index is 1.66. The van der Waals surface area contributed by atoms with E-state index in [1.165, 1.54) is 18.2 Å². The maximum absolute atomic E-state index is 13.4. The van der Waals surface area contributed by atoms with Crippen molar-refractivity contribution in [1.29, 1.82) is 0 Å². The molecule has 1 aromatic heterocycles. The number of urea groups is 1. The fourth-order valence-electron chi connectivity index (χ4n) is 3.50. The van der Waals surface area contributed by atoms with Crippen LogP contribution in [0.2, 0.25) is 5.02 Å². The second kappa shape index (κ2) is 7.28. The standard InChI is InChI=1S/C21H19ClFN3O2/c1-12(17-11-24-20(27)16-5-3-2-4-15(16)17)26(14-7-8-14)21(28)25-13-6-9-19(23)18(22)10-13/h2-6,9-12,14H,7-8H2,1H3,(H,24,27)(H,25,28). The molecule has 3 aromatic rings. The summed E-state index contributed by atoms with van der Waals surface area (Å²) in [6, 6.07) is 11.0. The Morgan fingerprint density at radius 1 is 1.25 bits per heavy atom. The van der Waals surface area contributed by atoms with E-state index in [4.69, 9.17) is 11.6 Å². The van der Waals surface area contributed by atoms with Crippen LogP contribution in [0.25, 0.3) is 10.8 Å². The molecule has 2 aromatic carbocycles. The van der Waals surface area contributed by atoms with Crippen molar-refractivity contribution in [3.05, 3.63) is 75.4 Å². The number of amides is 2. The average molecular weight is 400 g/mol. The van der Waals surface area contributed by atoms with E-state index in [0.717, 1.165) is 23.8 Å². The number of fused-ring (bicyclic) bond motifs is 1. The van der Waals surface area contributed by atoms with E-state index < -0.39 is 5.82 Å². The van der Waals surface area contributed by atoms with E-state index in [-0.39, 0.29) is 28.7 Å². The molecule has 2 N–H and O–H groups in total. The lowest BCUT2D eigenvalue weighted by atomic mass is 10.0. The van der Waals surface area contributed by atoms with Crippen LogP contribution in [0.3, 0.4) is 0 Å². The summed E-state index contributed by atoms with van der Waals surface area (Å²) in [6.07, 6.45) is 3.51. The van der Waals surface area contributed by atoms with Crippen LogP contribution in [-0.4, -0.2) is 22.0 Å². The Hall–Kier alpha value is -2.86. The van der Waals surface area contributed by atoms with Gasteiger partial charge in [-0.15, -0.1) is 0 Å². The van der Waals surface area contributed by atoms with Crippen LogP contribution in [-0.2, 0) is 0 Å². The number of hydrogen-bond donors (Lipinski definition) is 2. The van der Waals surface area contributed by atoms with Crippen molar-refractivity contribution in [1.82, 2.24) is 9.88 Å². The fourth-order valence-corrected chi connectivity index (χ4v) is 3.68. The number of benzene rings is 2. The van der Waals surface area contributed by atoms with Gasteiger partial charge in [0.15, 0.2) is 0 Å². The Morgan fingerprint density at radius 2 is 1.96 bits per heavy atom. The minimum Gasteiger partial charge on any atom is -0.328 e. The molecule has 2 amide bonds. The van der Waals surface area contributed by atoms with Crippen LogP contribution in [0, 0.1) is 5.82 Å². The van der Waals surface area contributed by atoms with Crippen molar-refractivity contribution in [2.24, 2.45) is 0 Å². The first-order chi connectivity index (χ1) is 13.5. The summed E-state index contributed by atoms with van der Waals surface area (Å²) in [4.78, 5) is 29.7. The van der Waals surface area contributed by atoms with Gasteiger partial charge in [0.1, 0.15) is 5.82 Å². The highest BCUT2D eigenvalue weighted by molar-refractivity contribution is 6.31. The van der Waals surface area contributed by atoms with Crippen LogP contribution < -0.4 is 10.9 Å². The maximum Gasteiger partial charge on any atom is 0.322 e. The van der Waals surface area contributed by atoms with Crippen molar-refractivity contribution in [3.8, 4) is 0 Å². The maximum atomic E-state index is 13.4. The number of rotatable bonds is 4. The molecule has 1 saturated carbocycles. The number of carbonyl (C=O) groups excluding carboxylic acids is 1. The van der Waals surface area contributed by atoms with Crippen molar-refractivity contribution in [3.63, 3.8) is 0 Å². The quantitative estimate of drug-likeness (QED) is 0.642. The molecule has 0 bridgehead atoms. The predicted molar refractivity (Wildman–Crippen MR) is 108 cm³/mol. The molecule has 1 fully saturated rings. The van der Waals surface area contributed by atoms with Crippen LogP contribution in [0.15, 0.2) is 53.5 Å². The molecule has 0 aliphatic heterocycles. The Morgan fingerprint density at radius 3 is 2.64 bits per heavy atom. The number of carbonyl (C=O) groups is 1. The zero-order chi connectivity index (χ0) is 19.8. The van der Waals surface area contributed by atoms with Gasteiger partial charge in [0.25, 0.3) is 5.56 Å². The highest BCUT2D eigenvalue weighted by Crippen LogP contribution is 2.36. The highest BCUT2D eigenvalue weighted by atomic mass is 35.5. The summed E-state index contributed by atoms with van der Waals surface area (Å²) in [5.41, 5.74) is 1.14. The monoisotopic (exact) mass is 399 g/mol. The molecule has 1 unspecified atom stereocenters. The third-order valence-electron chi connectivity index (χ3n) is 5.05. The van der Waals surface area contributed by atoms with Gasteiger partial charge in [-0.25, -0.2) is 9.18 Å². The Kier molecular flexibility index (Phi) is 4.81. The summed E-state index contributed by atoms with van der Waals surface area (Å²) >= 11 is 5.82. The number of nitrogens with zero attached hydrogens (tertiary/aromatic N) is 1. The SMILES string of the molecule is CC(c1c[nH]c(=O)c2ccccc12)N(C(=O)Nc1ccc(F)c(Cl)c1)C1CC1. The lowest BCUT2D eigenvalue weighted by molar-refractivity contribution is 0.189. The second-order valence-electron chi connectivity index (χ2n) is 6.99. The minimum absolute atomic E-state index is 0.0459. The summed E-state index contributed by atoms with van der Waals surface area (Å²) in [6.45, 7) is 1.94. The normalized spacial score (nSPS) is 14.7. The first-order valence-electron chi connectivity index (χ1n) is 9.10. The van der Waals surface area contributed by atoms with Crippen LogP contribution in [0.5, 0.6) is 0 Å².